The van der Waals surface area contributed by atoms with Crippen LogP contribution in [0.4, 0.5) is 11.4 Å². The molecule has 5 heteroatoms. The maximum absolute atomic E-state index is 11.9. The summed E-state index contributed by atoms with van der Waals surface area (Å²) in [7, 11) is 1.68. The van der Waals surface area contributed by atoms with Crippen molar-refractivity contribution in [1.82, 2.24) is 0 Å². The Balaban J connectivity index is 2.60. The highest BCUT2D eigenvalue weighted by Crippen LogP contribution is 2.26. The van der Waals surface area contributed by atoms with E-state index in [1.165, 1.54) is 4.90 Å². The fourth-order valence-corrected chi connectivity index (χ4v) is 1.68. The minimum absolute atomic E-state index is 0.0416. The van der Waals surface area contributed by atoms with E-state index in [1.54, 1.807) is 25.2 Å². The van der Waals surface area contributed by atoms with E-state index >= 15 is 0 Å². The largest absolute Gasteiger partial charge is 0.397 e. The Morgan fingerprint density at radius 1 is 1.44 bits per heavy atom. The molecule has 0 heterocycles. The van der Waals surface area contributed by atoms with E-state index in [1.807, 2.05) is 6.92 Å². The van der Waals surface area contributed by atoms with Gasteiger partial charge in [0.25, 0.3) is 0 Å². The summed E-state index contributed by atoms with van der Waals surface area (Å²) < 4.78 is 5.29. The lowest BCUT2D eigenvalue weighted by atomic mass is 10.2. The molecule has 0 aromatic heterocycles. The predicted molar refractivity (Wildman–Crippen MR) is 75.0 cm³/mol. The van der Waals surface area contributed by atoms with Gasteiger partial charge in [0.15, 0.2) is 0 Å². The molecular weight excluding hydrogens is 252 g/mol. The first-order valence-electron chi connectivity index (χ1n) is 5.95. The van der Waals surface area contributed by atoms with Crippen LogP contribution in [0.5, 0.6) is 0 Å². The summed E-state index contributed by atoms with van der Waals surface area (Å²) in [5.74, 6) is -0.0416. The molecule has 0 saturated heterocycles. The zero-order valence-corrected chi connectivity index (χ0v) is 11.5. The Morgan fingerprint density at radius 3 is 2.83 bits per heavy atom. The second-order valence-corrected chi connectivity index (χ2v) is 4.45. The Labute approximate surface area is 113 Å². The summed E-state index contributed by atoms with van der Waals surface area (Å²) in [5.41, 5.74) is 6.98. The van der Waals surface area contributed by atoms with Gasteiger partial charge in [-0.15, -0.1) is 0 Å². The highest BCUT2D eigenvalue weighted by Gasteiger charge is 2.13. The monoisotopic (exact) mass is 270 g/mol. The third-order valence-corrected chi connectivity index (χ3v) is 2.77. The molecule has 0 saturated carbocycles. The summed E-state index contributed by atoms with van der Waals surface area (Å²) >= 11 is 5.89. The summed E-state index contributed by atoms with van der Waals surface area (Å²) in [6, 6.07) is 5.07. The molecule has 1 aromatic carbocycles. The maximum Gasteiger partial charge on any atom is 0.229 e. The van der Waals surface area contributed by atoms with Gasteiger partial charge in [0.05, 0.1) is 24.4 Å². The van der Waals surface area contributed by atoms with Gasteiger partial charge in [-0.1, -0.05) is 18.5 Å². The first kappa shape index (κ1) is 14.8. The first-order chi connectivity index (χ1) is 8.56. The summed E-state index contributed by atoms with van der Waals surface area (Å²) in [5, 5.41) is 0.557. The molecule has 0 aliphatic carbocycles. The van der Waals surface area contributed by atoms with E-state index in [4.69, 9.17) is 22.1 Å². The second kappa shape index (κ2) is 7.24. The van der Waals surface area contributed by atoms with E-state index in [9.17, 15) is 4.79 Å². The Morgan fingerprint density at radius 2 is 2.17 bits per heavy atom. The van der Waals surface area contributed by atoms with Crippen molar-refractivity contribution in [3.63, 3.8) is 0 Å². The summed E-state index contributed by atoms with van der Waals surface area (Å²) in [6.07, 6.45) is 1.29. The number of nitrogen functional groups attached to an aromatic ring is 1. The number of benzene rings is 1. The number of rotatable bonds is 6. The van der Waals surface area contributed by atoms with Crippen LogP contribution in [0.2, 0.25) is 5.02 Å². The third kappa shape index (κ3) is 4.20. The van der Waals surface area contributed by atoms with Gasteiger partial charge in [-0.3, -0.25) is 4.79 Å². The topological polar surface area (TPSA) is 55.6 Å². The second-order valence-electron chi connectivity index (χ2n) is 4.02. The van der Waals surface area contributed by atoms with Crippen molar-refractivity contribution in [3.05, 3.63) is 23.2 Å². The predicted octanol–water partition coefficient (Wildman–Crippen LogP) is 2.70. The molecule has 1 rings (SSSR count). The Bertz CT molecular complexity index is 410. The molecule has 0 atom stereocenters. The number of carbonyl (C=O) groups is 1. The number of nitrogens with zero attached hydrogens (tertiary/aromatic N) is 1. The molecule has 0 bridgehead atoms. The van der Waals surface area contributed by atoms with E-state index < -0.39 is 0 Å². The number of hydrogen-bond acceptors (Lipinski definition) is 3. The van der Waals surface area contributed by atoms with Gasteiger partial charge in [0.1, 0.15) is 0 Å². The van der Waals surface area contributed by atoms with Crippen molar-refractivity contribution in [2.75, 3.05) is 30.9 Å². The van der Waals surface area contributed by atoms with E-state index in [0.29, 0.717) is 36.0 Å². The van der Waals surface area contributed by atoms with Gasteiger partial charge in [0.2, 0.25) is 5.91 Å². The normalized spacial score (nSPS) is 10.4. The van der Waals surface area contributed by atoms with E-state index in [2.05, 4.69) is 0 Å². The highest BCUT2D eigenvalue weighted by molar-refractivity contribution is 6.31. The maximum atomic E-state index is 11.9. The number of hydrogen-bond donors (Lipinski definition) is 1. The van der Waals surface area contributed by atoms with Crippen LogP contribution in [-0.4, -0.2) is 26.2 Å². The standard InChI is InChI=1S/C13H19ClN2O2/c1-3-7-18-8-6-13(17)16(2)12-9-10(14)4-5-11(12)15/h4-5,9H,3,6-8,15H2,1-2H3. The summed E-state index contributed by atoms with van der Waals surface area (Å²) in [6.45, 7) is 3.13. The average Bonchev–Trinajstić information content (AvgIpc) is 2.36. The number of nitrogens with two attached hydrogens (primary N) is 1. The Hall–Kier alpha value is -1.26. The highest BCUT2D eigenvalue weighted by atomic mass is 35.5. The molecule has 2 N–H and O–H groups in total. The van der Waals surface area contributed by atoms with Crippen LogP contribution < -0.4 is 10.6 Å². The van der Waals surface area contributed by atoms with Crippen LogP contribution in [0.15, 0.2) is 18.2 Å². The molecule has 1 aromatic rings. The van der Waals surface area contributed by atoms with Gasteiger partial charge in [-0.2, -0.15) is 0 Å². The van der Waals surface area contributed by atoms with E-state index in [0.717, 1.165) is 6.42 Å². The SMILES string of the molecule is CCCOCCC(=O)N(C)c1cc(Cl)ccc1N. The van der Waals surface area contributed by atoms with E-state index in [-0.39, 0.29) is 5.91 Å². The van der Waals surface area contributed by atoms with Crippen molar-refractivity contribution in [2.24, 2.45) is 0 Å². The molecule has 100 valence electrons. The first-order valence-corrected chi connectivity index (χ1v) is 6.33. The minimum Gasteiger partial charge on any atom is -0.397 e. The van der Waals surface area contributed by atoms with Crippen LogP contribution in [-0.2, 0) is 9.53 Å². The molecule has 0 aliphatic rings. The number of anilines is 2. The van der Waals surface area contributed by atoms with Crippen molar-refractivity contribution in [3.8, 4) is 0 Å². The van der Waals surface area contributed by atoms with Crippen molar-refractivity contribution in [2.45, 2.75) is 19.8 Å². The lowest BCUT2D eigenvalue weighted by Crippen LogP contribution is -2.28. The molecule has 0 radical (unpaired) electrons. The fraction of sp³-hybridized carbons (Fsp3) is 0.462. The quantitative estimate of drug-likeness (QED) is 0.639. The molecule has 18 heavy (non-hydrogen) atoms. The average molecular weight is 271 g/mol. The number of carbonyl (C=O) groups excluding carboxylic acids is 1. The van der Waals surface area contributed by atoms with Crippen LogP contribution in [0, 0.1) is 0 Å². The van der Waals surface area contributed by atoms with Crippen LogP contribution in [0.1, 0.15) is 19.8 Å². The van der Waals surface area contributed by atoms with Crippen LogP contribution in [0.25, 0.3) is 0 Å². The van der Waals surface area contributed by atoms with Crippen molar-refractivity contribution < 1.29 is 9.53 Å². The number of halogens is 1. The molecule has 0 unspecified atom stereocenters. The third-order valence-electron chi connectivity index (χ3n) is 2.54. The summed E-state index contributed by atoms with van der Waals surface area (Å²) in [4.78, 5) is 13.4. The lowest BCUT2D eigenvalue weighted by Gasteiger charge is -2.19. The lowest BCUT2D eigenvalue weighted by molar-refractivity contribution is -0.119. The van der Waals surface area contributed by atoms with Crippen LogP contribution in [0.3, 0.4) is 0 Å². The molecule has 4 nitrogen and oxygen atoms in total. The van der Waals surface area contributed by atoms with Gasteiger partial charge >= 0.3 is 0 Å². The van der Waals surface area contributed by atoms with Gasteiger partial charge in [-0.25, -0.2) is 0 Å². The van der Waals surface area contributed by atoms with Crippen molar-refractivity contribution in [1.29, 1.82) is 0 Å². The van der Waals surface area contributed by atoms with Crippen LogP contribution >= 0.6 is 11.6 Å². The molecule has 0 aliphatic heterocycles. The van der Waals surface area contributed by atoms with Gasteiger partial charge < -0.3 is 15.4 Å². The Kier molecular flexibility index (Phi) is 5.95. The molecule has 0 spiro atoms. The van der Waals surface area contributed by atoms with Gasteiger partial charge in [-0.05, 0) is 24.6 Å². The molecular formula is C13H19ClN2O2. The number of ether oxygens (including phenoxy) is 1. The molecule has 1 amide bonds. The fourth-order valence-electron chi connectivity index (χ4n) is 1.52. The van der Waals surface area contributed by atoms with Gasteiger partial charge in [0, 0.05) is 18.7 Å². The molecule has 0 fully saturated rings. The number of amides is 1. The smallest absolute Gasteiger partial charge is 0.229 e. The van der Waals surface area contributed by atoms with Crippen molar-refractivity contribution >= 4 is 28.9 Å². The zero-order valence-electron chi connectivity index (χ0n) is 10.8. The minimum atomic E-state index is -0.0416. The zero-order chi connectivity index (χ0) is 13.5.